The summed E-state index contributed by atoms with van der Waals surface area (Å²) in [6, 6.07) is 9.19. The molecular weight excluding hydrogens is 617 g/mol. The van der Waals surface area contributed by atoms with E-state index in [9.17, 15) is 8.78 Å². The summed E-state index contributed by atoms with van der Waals surface area (Å²) < 4.78 is 50.9. The second-order valence-corrected chi connectivity index (χ2v) is 13.5. The van der Waals surface area contributed by atoms with Crippen molar-refractivity contribution in [2.24, 2.45) is 0 Å². The molecule has 4 aliphatic rings. The Morgan fingerprint density at radius 2 is 1.96 bits per heavy atom. The lowest BCUT2D eigenvalue weighted by atomic mass is 9.93. The molecule has 244 valence electrons. The van der Waals surface area contributed by atoms with E-state index in [2.05, 4.69) is 21.0 Å². The Labute approximate surface area is 274 Å². The van der Waals surface area contributed by atoms with Gasteiger partial charge in [0.2, 0.25) is 0 Å². The predicted molar refractivity (Wildman–Crippen MR) is 179 cm³/mol. The first kappa shape index (κ1) is 29.3. The van der Waals surface area contributed by atoms with Gasteiger partial charge in [0.15, 0.2) is 5.82 Å². The minimum atomic E-state index is -1.60. The number of nitrogens with zero attached hydrogens (tertiary/aromatic N) is 6. The lowest BCUT2D eigenvalue weighted by molar-refractivity contribution is 0.108. The molecule has 12 heteroatoms. The zero-order chi connectivity index (χ0) is 32.7. The van der Waals surface area contributed by atoms with Crippen molar-refractivity contribution in [3.8, 4) is 29.5 Å². The molecule has 4 saturated heterocycles. The van der Waals surface area contributed by atoms with E-state index in [-0.39, 0.29) is 48.8 Å². The number of piperazine rings is 1. The molecule has 0 spiro atoms. The highest BCUT2D eigenvalue weighted by Gasteiger charge is 2.48. The number of imidazole rings is 1. The Kier molecular flexibility index (Phi) is 6.61. The monoisotopic (exact) mass is 650 g/mol. The van der Waals surface area contributed by atoms with Crippen molar-refractivity contribution < 1.29 is 17.9 Å². The lowest BCUT2D eigenvalue weighted by Crippen LogP contribution is -2.52. The molecule has 0 aliphatic carbocycles. The van der Waals surface area contributed by atoms with E-state index in [1.54, 1.807) is 24.4 Å². The third kappa shape index (κ3) is 4.37. The van der Waals surface area contributed by atoms with E-state index in [1.807, 2.05) is 16.7 Å². The third-order valence-corrected chi connectivity index (χ3v) is 10.8. The summed E-state index contributed by atoms with van der Waals surface area (Å²) in [5, 5.41) is 4.82. The molecule has 0 radical (unpaired) electrons. The van der Waals surface area contributed by atoms with Crippen LogP contribution in [0.3, 0.4) is 0 Å². The van der Waals surface area contributed by atoms with Crippen LogP contribution < -0.4 is 20.7 Å². The van der Waals surface area contributed by atoms with Crippen LogP contribution in [0.5, 0.6) is 6.01 Å². The van der Waals surface area contributed by atoms with Crippen molar-refractivity contribution in [2.45, 2.75) is 49.7 Å². The molecule has 0 amide bonds. The summed E-state index contributed by atoms with van der Waals surface area (Å²) >= 11 is 0. The number of hydrogen-bond acceptors (Lipinski definition) is 8. The maximum absolute atomic E-state index is 15.1. The average molecular weight is 651 g/mol. The molecule has 4 aliphatic heterocycles. The van der Waals surface area contributed by atoms with Gasteiger partial charge < -0.3 is 20.7 Å². The molecule has 2 bridgehead atoms. The van der Waals surface area contributed by atoms with Gasteiger partial charge in [-0.2, -0.15) is 18.7 Å². The minimum Gasteiger partial charge on any atom is -0.461 e. The molecule has 7 heterocycles. The number of fused-ring (bicyclic) bond motifs is 7. The van der Waals surface area contributed by atoms with Crippen LogP contribution in [0.15, 0.2) is 54.4 Å². The number of benzene rings is 2. The van der Waals surface area contributed by atoms with Gasteiger partial charge in [-0.3, -0.25) is 9.30 Å². The highest BCUT2D eigenvalue weighted by Crippen LogP contribution is 2.44. The number of halogens is 3. The van der Waals surface area contributed by atoms with Crippen LogP contribution in [0.25, 0.3) is 38.6 Å². The molecular formula is C36H33F3N8O. The first-order valence-electron chi connectivity index (χ1n) is 16.4. The Bertz CT molecular complexity index is 2210. The smallest absolute Gasteiger partial charge is 0.319 e. The van der Waals surface area contributed by atoms with Gasteiger partial charge in [-0.25, -0.2) is 9.37 Å². The molecule has 9 rings (SSSR count). The fraction of sp³-hybridized carbons (Fsp3) is 0.361. The quantitative estimate of drug-likeness (QED) is 0.190. The van der Waals surface area contributed by atoms with E-state index < -0.39 is 17.4 Å². The van der Waals surface area contributed by atoms with E-state index in [1.165, 1.54) is 6.07 Å². The fourth-order valence-corrected chi connectivity index (χ4v) is 8.70. The normalized spacial score (nSPS) is 23.8. The van der Waals surface area contributed by atoms with Crippen molar-refractivity contribution >= 4 is 39.0 Å². The number of hydrogen-bond donors (Lipinski definition) is 2. The Hall–Kier alpha value is -4.86. The average Bonchev–Trinajstić information content (AvgIpc) is 3.84. The molecule has 0 unspecified atom stereocenters. The van der Waals surface area contributed by atoms with Crippen molar-refractivity contribution in [3.05, 3.63) is 65.8 Å². The van der Waals surface area contributed by atoms with Crippen LogP contribution in [0, 0.1) is 18.2 Å². The maximum Gasteiger partial charge on any atom is 0.319 e. The molecule has 3 aromatic heterocycles. The van der Waals surface area contributed by atoms with Crippen LogP contribution >= 0.6 is 0 Å². The molecule has 48 heavy (non-hydrogen) atoms. The molecule has 5 aromatic rings. The van der Waals surface area contributed by atoms with E-state index >= 15 is 4.39 Å². The number of ether oxygens (including phenoxy) is 1. The van der Waals surface area contributed by atoms with Crippen LogP contribution in [-0.4, -0.2) is 74.7 Å². The number of nitrogens with one attached hydrogen (secondary N) is 1. The van der Waals surface area contributed by atoms with E-state index in [4.69, 9.17) is 31.8 Å². The molecule has 4 fully saturated rings. The summed E-state index contributed by atoms with van der Waals surface area (Å²) in [5.41, 5.74) is 10.0. The van der Waals surface area contributed by atoms with Gasteiger partial charge >= 0.3 is 6.01 Å². The highest BCUT2D eigenvalue weighted by molar-refractivity contribution is 6.07. The zero-order valence-corrected chi connectivity index (χ0v) is 26.1. The predicted octanol–water partition coefficient (Wildman–Crippen LogP) is 5.51. The van der Waals surface area contributed by atoms with E-state index in [0.717, 1.165) is 56.7 Å². The number of nitrogens with two attached hydrogens (primary N) is 1. The largest absolute Gasteiger partial charge is 0.461 e. The number of terminal acetylenes is 1. The Morgan fingerprint density at radius 3 is 2.75 bits per heavy atom. The number of anilines is 2. The first-order valence-corrected chi connectivity index (χ1v) is 16.4. The van der Waals surface area contributed by atoms with Crippen LogP contribution in [0.1, 0.15) is 37.7 Å². The molecule has 3 N–H and O–H groups in total. The zero-order valence-electron chi connectivity index (χ0n) is 26.1. The SMILES string of the molecule is C#Cc1c(F)ccc2cc(N)cc(-c3cc4nc(OC[C@@]56CCCN5CC(=C(F)F)C6)nc(N5[C@@H]6CC[C@H]5CNC6)c4n4ccnc34)c12. The van der Waals surface area contributed by atoms with E-state index in [0.29, 0.717) is 38.8 Å². The van der Waals surface area contributed by atoms with Gasteiger partial charge in [0.05, 0.1) is 16.6 Å². The Balaban J connectivity index is 1.25. The number of aromatic nitrogens is 4. The van der Waals surface area contributed by atoms with Gasteiger partial charge in [-0.15, -0.1) is 6.42 Å². The molecule has 0 saturated carbocycles. The summed E-state index contributed by atoms with van der Waals surface area (Å²) in [6.07, 6.45) is 11.9. The molecule has 3 atom stereocenters. The minimum absolute atomic E-state index is 0.146. The number of nitrogen functional groups attached to an aromatic ring is 1. The second-order valence-electron chi connectivity index (χ2n) is 13.5. The van der Waals surface area contributed by atoms with Gasteiger partial charge in [-0.1, -0.05) is 12.0 Å². The third-order valence-electron chi connectivity index (χ3n) is 10.8. The Morgan fingerprint density at radius 1 is 1.12 bits per heavy atom. The number of rotatable bonds is 5. The van der Waals surface area contributed by atoms with Crippen LogP contribution in [-0.2, 0) is 0 Å². The van der Waals surface area contributed by atoms with Crippen molar-refractivity contribution in [1.82, 2.24) is 29.6 Å². The lowest BCUT2D eigenvalue weighted by Gasteiger charge is -2.37. The summed E-state index contributed by atoms with van der Waals surface area (Å²) in [7, 11) is 0. The standard InChI is InChI=1S/C36H33F3N8O/c1-2-25-28(37)7-4-20-12-22(40)13-26(30(20)25)27-14-29-31(46-11-9-42-33(27)46)34(47-23-5-6-24(47)17-41-16-23)44-35(43-29)48-19-36-8-3-10-45(36)18-21(15-36)32(38)39/h1,4,7,9,11-14,23-24,41H,3,5-6,8,10,15-19,40H2/t23-,24+,36-/m0/s1. The fourth-order valence-electron chi connectivity index (χ4n) is 8.70. The number of pyridine rings is 1. The molecule has 9 nitrogen and oxygen atoms in total. The van der Waals surface area contributed by atoms with Gasteiger partial charge in [-0.05, 0) is 73.9 Å². The summed E-state index contributed by atoms with van der Waals surface area (Å²) in [6.45, 7) is 2.89. The summed E-state index contributed by atoms with van der Waals surface area (Å²) in [4.78, 5) is 19.3. The topological polar surface area (TPSA) is 96.8 Å². The second kappa shape index (κ2) is 10.8. The van der Waals surface area contributed by atoms with Crippen LogP contribution in [0.2, 0.25) is 0 Å². The highest BCUT2D eigenvalue weighted by atomic mass is 19.3. The van der Waals surface area contributed by atoms with Crippen molar-refractivity contribution in [2.75, 3.05) is 43.4 Å². The van der Waals surface area contributed by atoms with Crippen molar-refractivity contribution in [3.63, 3.8) is 0 Å². The van der Waals surface area contributed by atoms with Gasteiger partial charge in [0.1, 0.15) is 23.6 Å². The van der Waals surface area contributed by atoms with Crippen molar-refractivity contribution in [1.29, 1.82) is 0 Å². The summed E-state index contributed by atoms with van der Waals surface area (Å²) in [5.74, 6) is 2.79. The first-order chi connectivity index (χ1) is 23.3. The van der Waals surface area contributed by atoms with Gasteiger partial charge in [0.25, 0.3) is 6.08 Å². The maximum atomic E-state index is 15.1. The van der Waals surface area contributed by atoms with Crippen LogP contribution in [0.4, 0.5) is 24.7 Å². The molecule has 2 aromatic carbocycles. The van der Waals surface area contributed by atoms with Gasteiger partial charge in [0, 0.05) is 66.3 Å².